The predicted molar refractivity (Wildman–Crippen MR) is 79.2 cm³/mol. The van der Waals surface area contributed by atoms with Gasteiger partial charge in [0.1, 0.15) is 0 Å². The molecule has 0 bridgehead atoms. The first-order valence-corrected chi connectivity index (χ1v) is 8.45. The van der Waals surface area contributed by atoms with Gasteiger partial charge in [-0.2, -0.15) is 92.2 Å². The largest absolute Gasteiger partial charge is 0.460 e. The van der Waals surface area contributed by atoms with Crippen LogP contribution in [0.15, 0.2) is 36.5 Å². The zero-order valence-corrected chi connectivity index (χ0v) is 17.1. The molecule has 0 radical (unpaired) electrons. The predicted octanol–water partition coefficient (Wildman–Crippen LogP) is 9.16. The maximum Gasteiger partial charge on any atom is 0.460 e. The Morgan fingerprint density at radius 3 is 0.872 bits per heavy atom. The van der Waals surface area contributed by atoms with E-state index >= 15 is 0 Å². The molecule has 0 unspecified atom stereocenters. The molecule has 0 aliphatic carbocycles. The smallest absolute Gasteiger partial charge is 0.205 e. The Hall–Kier alpha value is -2.39. The molecule has 0 aromatic heterocycles. The Balaban J connectivity index is 6.76. The van der Waals surface area contributed by atoms with E-state index in [1.807, 2.05) is 0 Å². The van der Waals surface area contributed by atoms with Gasteiger partial charge in [-0.3, -0.25) is 0 Å². The number of allylic oxidation sites excluding steroid dienone is 5. The van der Waals surface area contributed by atoms with Crippen molar-refractivity contribution in [1.82, 2.24) is 0 Å². The number of rotatable bonds is 11. The van der Waals surface area contributed by atoms with Crippen molar-refractivity contribution in [3.63, 3.8) is 0 Å². The van der Waals surface area contributed by atoms with E-state index in [4.69, 9.17) is 0 Å². The summed E-state index contributed by atoms with van der Waals surface area (Å²) in [5.41, 5.74) is 0. The second kappa shape index (κ2) is 9.61. The van der Waals surface area contributed by atoms with Gasteiger partial charge in [-0.1, -0.05) is 6.58 Å². The molecule has 0 rings (SSSR count). The third kappa shape index (κ3) is 5.01. The average molecular weight is 634 g/mol. The van der Waals surface area contributed by atoms with Crippen molar-refractivity contribution in [3.8, 4) is 0 Å². The molecule has 0 fully saturated rings. The lowest BCUT2D eigenvalue weighted by atomic mass is 9.93. The van der Waals surface area contributed by atoms with Gasteiger partial charge in [0.25, 0.3) is 0 Å². The van der Waals surface area contributed by atoms with Gasteiger partial charge in [-0.15, -0.1) is 0 Å². The third-order valence-corrected chi connectivity index (χ3v) is 4.37. The lowest BCUT2D eigenvalue weighted by Crippen LogP contribution is -2.67. The molecule has 0 atom stereocenters. The van der Waals surface area contributed by atoms with Gasteiger partial charge in [0.2, 0.25) is 0 Å². The Bertz CT molecular complexity index is 975. The van der Waals surface area contributed by atoms with Gasteiger partial charge in [0.05, 0.1) is 0 Å². The summed E-state index contributed by atoms with van der Waals surface area (Å²) in [5, 5.41) is 0. The van der Waals surface area contributed by atoms with Crippen LogP contribution < -0.4 is 0 Å². The lowest BCUT2D eigenvalue weighted by Gasteiger charge is -2.38. The summed E-state index contributed by atoms with van der Waals surface area (Å²) in [6.07, 6.45) is -13.4. The molecule has 0 nitrogen and oxygen atoms in total. The van der Waals surface area contributed by atoms with Crippen molar-refractivity contribution in [2.45, 2.75) is 59.5 Å². The molecule has 0 spiro atoms. The Morgan fingerprint density at radius 2 is 0.641 bits per heavy atom. The van der Waals surface area contributed by atoms with E-state index in [9.17, 15) is 101 Å². The third-order valence-electron chi connectivity index (χ3n) is 4.37. The molecule has 0 aromatic carbocycles. The monoisotopic (exact) mass is 634 g/mol. The Morgan fingerprint density at radius 1 is 0.385 bits per heavy atom. The van der Waals surface area contributed by atoms with Crippen LogP contribution in [0.4, 0.5) is 101 Å². The standard InChI is InChI=1S/C16H5F23/c1-2-7(19,20)10(25,26)13(31,32)11(27,28)8(21,22)5(17)3-4-6(18)9(23,24)12(29,30)14(33,34)15(35,36)16(37,38)39/h2-4H,1H2/b5-3-,6-4-. The van der Waals surface area contributed by atoms with Gasteiger partial charge in [0.15, 0.2) is 11.7 Å². The number of hydrogen-bond acceptors (Lipinski definition) is 0. The summed E-state index contributed by atoms with van der Waals surface area (Å²) in [5.74, 6) is -79.1. The molecule has 0 heterocycles. The van der Waals surface area contributed by atoms with Crippen LogP contribution in [0.25, 0.3) is 0 Å². The minimum absolute atomic E-state index is 1.47. The highest BCUT2D eigenvalue weighted by atomic mass is 19.4. The molecule has 230 valence electrons. The zero-order chi connectivity index (χ0) is 32.3. The van der Waals surface area contributed by atoms with Crippen LogP contribution in [-0.4, -0.2) is 59.5 Å². The topological polar surface area (TPSA) is 0 Å². The molecule has 0 saturated carbocycles. The van der Waals surface area contributed by atoms with Crippen molar-refractivity contribution < 1.29 is 101 Å². The van der Waals surface area contributed by atoms with Gasteiger partial charge in [0, 0.05) is 0 Å². The molecule has 0 saturated heterocycles. The Kier molecular flexibility index (Phi) is 9.02. The highest BCUT2D eigenvalue weighted by Crippen LogP contribution is 2.60. The van der Waals surface area contributed by atoms with Crippen molar-refractivity contribution in [3.05, 3.63) is 36.5 Å². The van der Waals surface area contributed by atoms with Gasteiger partial charge >= 0.3 is 59.5 Å². The van der Waals surface area contributed by atoms with Crippen molar-refractivity contribution >= 4 is 0 Å². The highest BCUT2D eigenvalue weighted by molar-refractivity contribution is 5.26. The number of alkyl halides is 21. The Labute approximate surface area is 198 Å². The second-order valence-electron chi connectivity index (χ2n) is 6.95. The van der Waals surface area contributed by atoms with Crippen LogP contribution in [0.2, 0.25) is 0 Å². The first-order chi connectivity index (χ1) is 16.6. The molecule has 39 heavy (non-hydrogen) atoms. The number of hydrogen-bond donors (Lipinski definition) is 0. The normalized spacial score (nSPS) is 17.0. The summed E-state index contributed by atoms with van der Waals surface area (Å²) in [7, 11) is 0. The fourth-order valence-corrected chi connectivity index (χ4v) is 1.96. The molecule has 0 aliphatic rings. The summed E-state index contributed by atoms with van der Waals surface area (Å²) in [6, 6.07) is 0. The fraction of sp³-hybridized carbons (Fsp3) is 0.625. The molecular weight excluding hydrogens is 629 g/mol. The second-order valence-corrected chi connectivity index (χ2v) is 6.95. The molecule has 23 heteroatoms. The van der Waals surface area contributed by atoms with E-state index in [0.717, 1.165) is 0 Å². The van der Waals surface area contributed by atoms with E-state index in [1.165, 1.54) is 0 Å². The summed E-state index contributed by atoms with van der Waals surface area (Å²) in [4.78, 5) is 0. The summed E-state index contributed by atoms with van der Waals surface area (Å²) < 4.78 is 299. The van der Waals surface area contributed by atoms with Gasteiger partial charge < -0.3 is 0 Å². The maximum atomic E-state index is 13.5. The maximum absolute atomic E-state index is 13.5. The summed E-state index contributed by atoms with van der Waals surface area (Å²) in [6.45, 7) is 1.80. The van der Waals surface area contributed by atoms with Crippen LogP contribution in [-0.2, 0) is 0 Å². The van der Waals surface area contributed by atoms with Gasteiger partial charge in [-0.25, -0.2) is 8.78 Å². The van der Waals surface area contributed by atoms with Crippen LogP contribution in [0.1, 0.15) is 0 Å². The van der Waals surface area contributed by atoms with Crippen LogP contribution in [0.5, 0.6) is 0 Å². The van der Waals surface area contributed by atoms with E-state index in [0.29, 0.717) is 0 Å². The minimum atomic E-state index is -8.30. The van der Waals surface area contributed by atoms with Crippen molar-refractivity contribution in [2.24, 2.45) is 0 Å². The van der Waals surface area contributed by atoms with Gasteiger partial charge in [-0.05, 0) is 18.2 Å². The SMILES string of the molecule is C=CC(F)(F)C(F)(F)C(F)(F)C(F)(F)C(F)(F)/C(F)=C/C=C(\F)C(F)(F)C(F)(F)C(F)(F)C(F)(F)C(F)(F)F. The van der Waals surface area contributed by atoms with Crippen molar-refractivity contribution in [1.29, 1.82) is 0 Å². The first-order valence-electron chi connectivity index (χ1n) is 8.45. The first kappa shape index (κ1) is 36.6. The minimum Gasteiger partial charge on any atom is -0.205 e. The molecule has 0 amide bonds. The molecule has 0 aromatic rings. The quantitative estimate of drug-likeness (QED) is 0.121. The number of halogens is 23. The average Bonchev–Trinajstić information content (AvgIpc) is 2.74. The van der Waals surface area contributed by atoms with E-state index < -0.39 is 89.4 Å². The zero-order valence-electron chi connectivity index (χ0n) is 17.1. The van der Waals surface area contributed by atoms with E-state index in [2.05, 4.69) is 0 Å². The highest BCUT2D eigenvalue weighted by Gasteiger charge is 2.88. The molecular formula is C16H5F23. The molecule has 0 N–H and O–H groups in total. The van der Waals surface area contributed by atoms with Crippen LogP contribution in [0, 0.1) is 0 Å². The van der Waals surface area contributed by atoms with Crippen molar-refractivity contribution in [2.75, 3.05) is 0 Å². The van der Waals surface area contributed by atoms with Crippen LogP contribution in [0.3, 0.4) is 0 Å². The fourth-order valence-electron chi connectivity index (χ4n) is 1.96. The van der Waals surface area contributed by atoms with Crippen LogP contribution >= 0.6 is 0 Å². The van der Waals surface area contributed by atoms with E-state index in [-0.39, 0.29) is 0 Å². The van der Waals surface area contributed by atoms with E-state index in [1.54, 1.807) is 6.58 Å². The summed E-state index contributed by atoms with van der Waals surface area (Å²) >= 11 is 0. The lowest BCUT2D eigenvalue weighted by molar-refractivity contribution is -0.419. The molecule has 0 aliphatic heterocycles.